The molecule has 0 heterocycles. The van der Waals surface area contributed by atoms with Gasteiger partial charge in [0.15, 0.2) is 9.84 Å². The van der Waals surface area contributed by atoms with Gasteiger partial charge in [0.2, 0.25) is 12.6 Å². The summed E-state index contributed by atoms with van der Waals surface area (Å²) in [7, 11) is -4.38. The lowest BCUT2D eigenvalue weighted by Crippen LogP contribution is -2.29. The van der Waals surface area contributed by atoms with Gasteiger partial charge in [0.05, 0.1) is 22.3 Å². The lowest BCUT2D eigenvalue weighted by Gasteiger charge is -2.23. The summed E-state index contributed by atoms with van der Waals surface area (Å²) in [6.07, 6.45) is -2.69. The number of carbonyl (C=O) groups is 4. The Hall–Kier alpha value is -7.65. The van der Waals surface area contributed by atoms with E-state index < -0.39 is 68.6 Å². The highest BCUT2D eigenvalue weighted by molar-refractivity contribution is 7.89. The molecule has 0 N–H and O–H groups in total. The van der Waals surface area contributed by atoms with Crippen LogP contribution in [0.4, 0.5) is 0 Å². The average Bonchev–Trinajstić information content (AvgIpc) is 3.34. The second-order valence-corrected chi connectivity index (χ2v) is 21.4. The van der Waals surface area contributed by atoms with Crippen LogP contribution in [0.2, 0.25) is 0 Å². The minimum Gasteiger partial charge on any atom is -0.489 e. The third-order valence-electron chi connectivity index (χ3n) is 10.7. The van der Waals surface area contributed by atoms with Crippen LogP contribution in [0.1, 0.15) is 109 Å². The zero-order valence-electron chi connectivity index (χ0n) is 42.4. The van der Waals surface area contributed by atoms with Crippen molar-refractivity contribution in [3.63, 3.8) is 0 Å². The Morgan fingerprint density at radius 3 is 1.00 bits per heavy atom. The van der Waals surface area contributed by atoms with Crippen LogP contribution in [0, 0.1) is 10.8 Å². The molecule has 14 nitrogen and oxygen atoms in total. The molecule has 73 heavy (non-hydrogen) atoms. The molecule has 2 unspecified atom stereocenters. The van der Waals surface area contributed by atoms with E-state index in [9.17, 15) is 19.2 Å². The van der Waals surface area contributed by atoms with Gasteiger partial charge < -0.3 is 37.9 Å². The average molecular weight is 1020 g/mol. The molecule has 0 aliphatic heterocycles. The van der Waals surface area contributed by atoms with Gasteiger partial charge in [-0.2, -0.15) is 0 Å². The number of carbonyl (C=O) groups excluding carboxylic acids is 4. The van der Waals surface area contributed by atoms with Crippen molar-refractivity contribution in [1.29, 1.82) is 0 Å². The topological polar surface area (TPSA) is 176 Å². The Kier molecular flexibility index (Phi) is 18.5. The maximum absolute atomic E-state index is 15.0. The summed E-state index contributed by atoms with van der Waals surface area (Å²) < 4.78 is 77.5. The van der Waals surface area contributed by atoms with Crippen molar-refractivity contribution in [2.24, 2.45) is 10.8 Å². The molecule has 6 rings (SSSR count). The highest BCUT2D eigenvalue weighted by atomic mass is 32.2. The zero-order valence-corrected chi connectivity index (χ0v) is 43.2. The molecule has 0 saturated heterocycles. The van der Waals surface area contributed by atoms with Crippen molar-refractivity contribution in [3.05, 3.63) is 190 Å². The second kappa shape index (κ2) is 24.7. The summed E-state index contributed by atoms with van der Waals surface area (Å²) in [6.45, 7) is 12.7. The Morgan fingerprint density at radius 1 is 0.425 bits per heavy atom. The van der Waals surface area contributed by atoms with Crippen molar-refractivity contribution in [2.75, 3.05) is 0 Å². The Morgan fingerprint density at radius 2 is 0.712 bits per heavy atom. The fourth-order valence-electron chi connectivity index (χ4n) is 6.94. The van der Waals surface area contributed by atoms with E-state index in [2.05, 4.69) is 0 Å². The number of hydrogen-bond donors (Lipinski definition) is 0. The lowest BCUT2D eigenvalue weighted by molar-refractivity contribution is -0.176. The quantitative estimate of drug-likeness (QED) is 0.0463. The van der Waals surface area contributed by atoms with E-state index in [1.807, 2.05) is 121 Å². The number of benzene rings is 6. The first kappa shape index (κ1) is 54.7. The van der Waals surface area contributed by atoms with Crippen LogP contribution < -0.4 is 18.9 Å². The van der Waals surface area contributed by atoms with Gasteiger partial charge in [0, 0.05) is 25.0 Å². The fraction of sp³-hybridized carbons (Fsp3) is 0.310. The van der Waals surface area contributed by atoms with Crippen LogP contribution >= 0.6 is 0 Å². The van der Waals surface area contributed by atoms with Crippen LogP contribution in [0.25, 0.3) is 0 Å². The largest absolute Gasteiger partial charge is 0.489 e. The summed E-state index contributed by atoms with van der Waals surface area (Å²) in [5.74, 6) is -4.68. The molecule has 0 aliphatic rings. The molecule has 0 aliphatic carbocycles. The number of hydrogen-bond acceptors (Lipinski definition) is 14. The van der Waals surface area contributed by atoms with E-state index in [-0.39, 0.29) is 71.7 Å². The molecular weight excluding hydrogens is 953 g/mol. The van der Waals surface area contributed by atoms with Gasteiger partial charge in [-0.05, 0) is 88.1 Å². The van der Waals surface area contributed by atoms with Crippen LogP contribution in [0.3, 0.4) is 0 Å². The van der Waals surface area contributed by atoms with E-state index >= 15 is 8.42 Å². The van der Waals surface area contributed by atoms with Crippen molar-refractivity contribution >= 4 is 33.7 Å². The monoisotopic (exact) mass is 1010 g/mol. The molecular formula is C58H62O14S. The van der Waals surface area contributed by atoms with Crippen molar-refractivity contribution in [2.45, 2.75) is 106 Å². The van der Waals surface area contributed by atoms with Crippen LogP contribution in [-0.2, 0) is 76.3 Å². The predicted octanol–water partition coefficient (Wildman–Crippen LogP) is 11.3. The zero-order chi connectivity index (χ0) is 52.8. The lowest BCUT2D eigenvalue weighted by atomic mass is 9.97. The molecule has 0 amide bonds. The first-order chi connectivity index (χ1) is 34.6. The summed E-state index contributed by atoms with van der Waals surface area (Å²) in [5.41, 5.74) is 0.872. The second-order valence-electron chi connectivity index (χ2n) is 19.3. The van der Waals surface area contributed by atoms with Gasteiger partial charge in [-0.3, -0.25) is 9.59 Å². The van der Waals surface area contributed by atoms with E-state index in [0.29, 0.717) is 11.1 Å². The van der Waals surface area contributed by atoms with Gasteiger partial charge in [-0.25, -0.2) is 18.0 Å². The molecule has 384 valence electrons. The molecule has 0 saturated carbocycles. The highest BCUT2D eigenvalue weighted by Crippen LogP contribution is 2.37. The first-order valence-electron chi connectivity index (χ1n) is 23.7. The van der Waals surface area contributed by atoms with Gasteiger partial charge in [-0.15, -0.1) is 0 Å². The summed E-state index contributed by atoms with van der Waals surface area (Å²) in [4.78, 5) is 54.2. The van der Waals surface area contributed by atoms with Gasteiger partial charge >= 0.3 is 23.9 Å². The van der Waals surface area contributed by atoms with Gasteiger partial charge in [-0.1, -0.05) is 121 Å². The number of rotatable bonds is 22. The number of ether oxygens (including phenoxy) is 8. The molecule has 0 spiro atoms. The summed E-state index contributed by atoms with van der Waals surface area (Å²) >= 11 is 0. The van der Waals surface area contributed by atoms with Gasteiger partial charge in [0.1, 0.15) is 60.6 Å². The SMILES string of the molecule is CC(OC(=O)c1cc(OCc2ccccc2)cc(CS(=O)(=O)Cc2cc(OCc3ccccc3)cc(C(=O)OC(C)OC(=O)C(C)(C)C)c2OCc2ccccc2)c1OCc1ccccc1)OC(=O)C(C)(C)C. The first-order valence-corrected chi connectivity index (χ1v) is 25.5. The Balaban J connectivity index is 1.45. The maximum Gasteiger partial charge on any atom is 0.345 e. The smallest absolute Gasteiger partial charge is 0.345 e. The van der Waals surface area contributed by atoms with E-state index in [0.717, 1.165) is 11.1 Å². The molecule has 0 fully saturated rings. The van der Waals surface area contributed by atoms with E-state index in [1.54, 1.807) is 41.5 Å². The third kappa shape index (κ3) is 16.7. The normalized spacial score (nSPS) is 12.4. The highest BCUT2D eigenvalue weighted by Gasteiger charge is 2.32. The molecule has 0 bridgehead atoms. The summed E-state index contributed by atoms with van der Waals surface area (Å²) in [6, 6.07) is 42.3. The van der Waals surface area contributed by atoms with Gasteiger partial charge in [0.25, 0.3) is 0 Å². The maximum atomic E-state index is 15.0. The van der Waals surface area contributed by atoms with Crippen LogP contribution in [0.15, 0.2) is 146 Å². The molecule has 6 aromatic rings. The Labute approximate surface area is 427 Å². The number of sulfone groups is 1. The van der Waals surface area contributed by atoms with E-state index in [1.165, 1.54) is 38.1 Å². The molecule has 0 aromatic heterocycles. The molecule has 0 radical (unpaired) electrons. The van der Waals surface area contributed by atoms with Crippen molar-refractivity contribution in [1.82, 2.24) is 0 Å². The van der Waals surface area contributed by atoms with Crippen LogP contribution in [0.5, 0.6) is 23.0 Å². The predicted molar refractivity (Wildman–Crippen MR) is 273 cm³/mol. The third-order valence-corrected chi connectivity index (χ3v) is 12.2. The molecule has 15 heteroatoms. The van der Waals surface area contributed by atoms with E-state index in [4.69, 9.17) is 37.9 Å². The molecule has 2 atom stereocenters. The Bertz CT molecular complexity index is 2730. The number of esters is 4. The minimum absolute atomic E-state index is 0.0325. The molecule has 6 aromatic carbocycles. The van der Waals surface area contributed by atoms with Crippen LogP contribution in [-0.4, -0.2) is 44.9 Å². The fourth-order valence-corrected chi connectivity index (χ4v) is 8.42. The standard InChI is InChI=1S/C58H62O14S/c1-39(71-55(61)57(3,4)5)69-53(59)49-31-47(65-33-41-21-13-9-14-22-41)29-45(51(49)67-35-43-25-17-11-18-26-43)37-73(63,64)38-46-30-48(66-34-42-23-15-10-16-24-42)32-50(52(46)68-36-44-27-19-12-20-28-44)54(60)70-40(2)72-56(62)58(6,7)8/h9-32,39-40H,33-38H2,1-8H3. The van der Waals surface area contributed by atoms with Crippen molar-refractivity contribution in [3.8, 4) is 23.0 Å². The van der Waals surface area contributed by atoms with Crippen molar-refractivity contribution < 1.29 is 65.5 Å². The summed E-state index contributed by atoms with van der Waals surface area (Å²) in [5, 5.41) is 0. The minimum atomic E-state index is -4.38.